The monoisotopic (exact) mass is 234 g/mol. The van der Waals surface area contributed by atoms with E-state index in [1.807, 2.05) is 0 Å². The van der Waals surface area contributed by atoms with Crippen LogP contribution in [0.5, 0.6) is 11.5 Å². The van der Waals surface area contributed by atoms with Gasteiger partial charge in [-0.3, -0.25) is 4.79 Å². The van der Waals surface area contributed by atoms with Crippen molar-refractivity contribution >= 4 is 5.97 Å². The Labute approximate surface area is 100 Å². The van der Waals surface area contributed by atoms with Crippen LogP contribution in [-0.4, -0.2) is 17.7 Å². The summed E-state index contributed by atoms with van der Waals surface area (Å²) in [5, 5.41) is 8.99. The summed E-state index contributed by atoms with van der Waals surface area (Å²) in [5.41, 5.74) is 0.644. The van der Waals surface area contributed by atoms with Crippen LogP contribution < -0.4 is 9.47 Å². The summed E-state index contributed by atoms with van der Waals surface area (Å²) < 4.78 is 10.4. The van der Waals surface area contributed by atoms with E-state index in [0.717, 1.165) is 0 Å². The van der Waals surface area contributed by atoms with Crippen molar-refractivity contribution in [2.24, 2.45) is 0 Å². The van der Waals surface area contributed by atoms with Gasteiger partial charge < -0.3 is 14.6 Å². The van der Waals surface area contributed by atoms with E-state index < -0.39 is 5.97 Å². The maximum absolute atomic E-state index is 10.9. The fourth-order valence-electron chi connectivity index (χ4n) is 1.22. The minimum absolute atomic E-state index is 0.126. The van der Waals surface area contributed by atoms with E-state index in [4.69, 9.17) is 21.0 Å². The number of hydrogen-bond donors (Lipinski definition) is 1. The van der Waals surface area contributed by atoms with Crippen molar-refractivity contribution in [3.05, 3.63) is 23.8 Å². The van der Waals surface area contributed by atoms with Gasteiger partial charge in [0.1, 0.15) is 0 Å². The Bertz CT molecular complexity index is 432. The quantitative estimate of drug-likeness (QED) is 0.363. The Morgan fingerprint density at radius 1 is 1.47 bits per heavy atom. The minimum atomic E-state index is -0.443. The van der Waals surface area contributed by atoms with Crippen LogP contribution in [0.25, 0.3) is 0 Å². The lowest BCUT2D eigenvalue weighted by Gasteiger charge is -2.11. The molecule has 0 heterocycles. The second kappa shape index (κ2) is 6.56. The molecule has 0 aromatic heterocycles. The molecule has 0 fully saturated rings. The van der Waals surface area contributed by atoms with Crippen LogP contribution >= 0.6 is 0 Å². The maximum Gasteiger partial charge on any atom is 0.308 e. The molecule has 0 saturated heterocycles. The number of carbonyl (C=O) groups excluding carboxylic acids is 1. The molecule has 4 heteroatoms. The zero-order valence-electron chi connectivity index (χ0n) is 9.60. The van der Waals surface area contributed by atoms with Gasteiger partial charge in [-0.15, -0.1) is 12.3 Å². The zero-order valence-corrected chi connectivity index (χ0v) is 9.60. The van der Waals surface area contributed by atoms with Crippen LogP contribution in [0.15, 0.2) is 18.2 Å². The lowest BCUT2D eigenvalue weighted by molar-refractivity contribution is -0.132. The predicted octanol–water partition coefficient (Wildman–Crippen LogP) is 1.51. The number of aliphatic hydroxyl groups is 1. The Morgan fingerprint density at radius 3 is 2.82 bits per heavy atom. The van der Waals surface area contributed by atoms with Crippen molar-refractivity contribution in [2.45, 2.75) is 20.0 Å². The molecule has 1 rings (SSSR count). The van der Waals surface area contributed by atoms with E-state index in [2.05, 4.69) is 5.92 Å². The van der Waals surface area contributed by atoms with E-state index in [9.17, 15) is 4.79 Å². The van der Waals surface area contributed by atoms with Gasteiger partial charge in [-0.25, -0.2) is 0 Å². The molecule has 0 aliphatic heterocycles. The zero-order chi connectivity index (χ0) is 12.7. The topological polar surface area (TPSA) is 55.8 Å². The normalized spacial score (nSPS) is 9.47. The number of terminal acetylenes is 1. The maximum atomic E-state index is 10.9. The lowest BCUT2D eigenvalue weighted by Crippen LogP contribution is -2.05. The molecule has 4 nitrogen and oxygen atoms in total. The number of rotatable bonds is 5. The second-order valence-electron chi connectivity index (χ2n) is 3.34. The highest BCUT2D eigenvalue weighted by atomic mass is 16.6. The molecule has 1 N–H and O–H groups in total. The van der Waals surface area contributed by atoms with Gasteiger partial charge in [0, 0.05) is 13.3 Å². The van der Waals surface area contributed by atoms with Crippen molar-refractivity contribution in [1.29, 1.82) is 0 Å². The van der Waals surface area contributed by atoms with E-state index in [-0.39, 0.29) is 6.61 Å². The highest BCUT2D eigenvalue weighted by Gasteiger charge is 2.08. The minimum Gasteiger partial charge on any atom is -0.489 e. The molecule has 0 radical (unpaired) electrons. The highest BCUT2D eigenvalue weighted by molar-refractivity contribution is 5.70. The van der Waals surface area contributed by atoms with E-state index in [1.165, 1.54) is 6.92 Å². The van der Waals surface area contributed by atoms with Crippen LogP contribution in [0.3, 0.4) is 0 Å². The number of hydrogen-bond acceptors (Lipinski definition) is 4. The van der Waals surface area contributed by atoms with E-state index in [0.29, 0.717) is 30.1 Å². The molecule has 0 spiro atoms. The Balaban J connectivity index is 2.86. The molecule has 0 saturated carbocycles. The smallest absolute Gasteiger partial charge is 0.308 e. The Kier molecular flexibility index (Phi) is 5.05. The second-order valence-corrected chi connectivity index (χ2v) is 3.34. The molecule has 0 amide bonds. The number of benzene rings is 1. The average Bonchev–Trinajstić information content (AvgIpc) is 2.30. The summed E-state index contributed by atoms with van der Waals surface area (Å²) in [7, 11) is 0. The third-order valence-corrected chi connectivity index (χ3v) is 1.95. The van der Waals surface area contributed by atoms with Crippen molar-refractivity contribution < 1.29 is 19.4 Å². The molecule has 0 aliphatic rings. The molecule has 0 bridgehead atoms. The van der Waals surface area contributed by atoms with Crippen LogP contribution in [0.1, 0.15) is 18.9 Å². The molecule has 1 aromatic rings. The third-order valence-electron chi connectivity index (χ3n) is 1.95. The van der Waals surface area contributed by atoms with Crippen LogP contribution in [0.2, 0.25) is 0 Å². The fraction of sp³-hybridized carbons (Fsp3) is 0.308. The largest absolute Gasteiger partial charge is 0.489 e. The van der Waals surface area contributed by atoms with Gasteiger partial charge in [0.05, 0.1) is 13.2 Å². The number of esters is 1. The van der Waals surface area contributed by atoms with Gasteiger partial charge >= 0.3 is 5.97 Å². The Morgan fingerprint density at radius 2 is 2.24 bits per heavy atom. The number of ether oxygens (including phenoxy) is 2. The first-order valence-electron chi connectivity index (χ1n) is 5.16. The first kappa shape index (κ1) is 13.1. The van der Waals surface area contributed by atoms with Crippen LogP contribution in [0.4, 0.5) is 0 Å². The standard InChI is InChI=1S/C13H14O4/c1-3-4-7-16-12-6-5-11(9-14)8-13(12)17-10(2)15/h1,5-6,8,14H,4,7,9H2,2H3. The summed E-state index contributed by atoms with van der Waals surface area (Å²) in [6, 6.07) is 4.89. The van der Waals surface area contributed by atoms with Gasteiger partial charge in [0.25, 0.3) is 0 Å². The molecule has 1 aromatic carbocycles. The third kappa shape index (κ3) is 4.17. The number of aliphatic hydroxyl groups excluding tert-OH is 1. The molecule has 0 atom stereocenters. The van der Waals surface area contributed by atoms with Crippen molar-refractivity contribution in [1.82, 2.24) is 0 Å². The van der Waals surface area contributed by atoms with Gasteiger partial charge in [0.15, 0.2) is 11.5 Å². The molecule has 90 valence electrons. The van der Waals surface area contributed by atoms with Gasteiger partial charge in [-0.1, -0.05) is 6.07 Å². The molecule has 0 aliphatic carbocycles. The molecule has 17 heavy (non-hydrogen) atoms. The van der Waals surface area contributed by atoms with E-state index >= 15 is 0 Å². The summed E-state index contributed by atoms with van der Waals surface area (Å²) in [4.78, 5) is 10.9. The van der Waals surface area contributed by atoms with Gasteiger partial charge in [-0.2, -0.15) is 0 Å². The van der Waals surface area contributed by atoms with Gasteiger partial charge in [-0.05, 0) is 17.7 Å². The summed E-state index contributed by atoms with van der Waals surface area (Å²) in [6.07, 6.45) is 5.58. The average molecular weight is 234 g/mol. The fourth-order valence-corrected chi connectivity index (χ4v) is 1.22. The predicted molar refractivity (Wildman–Crippen MR) is 62.6 cm³/mol. The first-order valence-corrected chi connectivity index (χ1v) is 5.16. The summed E-state index contributed by atoms with van der Waals surface area (Å²) in [6.45, 7) is 1.53. The number of carbonyl (C=O) groups is 1. The summed E-state index contributed by atoms with van der Waals surface area (Å²) >= 11 is 0. The van der Waals surface area contributed by atoms with Crippen molar-refractivity contribution in [3.8, 4) is 23.8 Å². The van der Waals surface area contributed by atoms with Crippen molar-refractivity contribution in [2.75, 3.05) is 6.61 Å². The van der Waals surface area contributed by atoms with Gasteiger partial charge in [0.2, 0.25) is 0 Å². The Hall–Kier alpha value is -1.99. The highest BCUT2D eigenvalue weighted by Crippen LogP contribution is 2.28. The van der Waals surface area contributed by atoms with Crippen LogP contribution in [0, 0.1) is 12.3 Å². The molecular weight excluding hydrogens is 220 g/mol. The lowest BCUT2D eigenvalue weighted by atomic mass is 10.2. The van der Waals surface area contributed by atoms with E-state index in [1.54, 1.807) is 18.2 Å². The van der Waals surface area contributed by atoms with Crippen molar-refractivity contribution in [3.63, 3.8) is 0 Å². The SMILES string of the molecule is C#CCCOc1ccc(CO)cc1OC(C)=O. The molecular formula is C13H14O4. The first-order chi connectivity index (χ1) is 8.17. The van der Waals surface area contributed by atoms with Crippen LogP contribution in [-0.2, 0) is 11.4 Å². The summed E-state index contributed by atoms with van der Waals surface area (Å²) in [5.74, 6) is 2.74. The molecule has 0 unspecified atom stereocenters.